The Hall–Kier alpha value is -1.79. The average molecular weight is 446 g/mol. The molecule has 0 atom stereocenters. The molecular weight excluding hydrogens is 425 g/mol. The molecule has 0 radical (unpaired) electrons. The third-order valence-corrected chi connectivity index (χ3v) is 6.46. The van der Waals surface area contributed by atoms with Crippen LogP contribution in [0.3, 0.4) is 0 Å². The van der Waals surface area contributed by atoms with Gasteiger partial charge in [-0.2, -0.15) is 0 Å². The molecule has 0 amide bonds. The number of aromatic amines is 1. The van der Waals surface area contributed by atoms with Crippen molar-refractivity contribution < 1.29 is 4.74 Å². The molecule has 150 valence electrons. The van der Waals surface area contributed by atoms with Crippen molar-refractivity contribution >= 4 is 40.5 Å². The van der Waals surface area contributed by atoms with Crippen LogP contribution in [0.25, 0.3) is 17.1 Å². The molecule has 4 nitrogen and oxygen atoms in total. The molecule has 7 heteroatoms. The van der Waals surface area contributed by atoms with Crippen LogP contribution in [-0.2, 0) is 4.74 Å². The van der Waals surface area contributed by atoms with Crippen molar-refractivity contribution in [1.29, 1.82) is 0 Å². The summed E-state index contributed by atoms with van der Waals surface area (Å²) in [7, 11) is 0. The predicted octanol–water partition coefficient (Wildman–Crippen LogP) is 6.36. The molecule has 0 unspecified atom stereocenters. The number of nitrogens with zero attached hydrogens (tertiary/aromatic N) is 2. The maximum absolute atomic E-state index is 6.58. The summed E-state index contributed by atoms with van der Waals surface area (Å²) in [6, 6.07) is 11.8. The van der Waals surface area contributed by atoms with Crippen molar-refractivity contribution in [2.45, 2.75) is 17.7 Å². The molecule has 1 N–H and O–H groups in total. The largest absolute Gasteiger partial charge is 0.381 e. The van der Waals surface area contributed by atoms with Gasteiger partial charge >= 0.3 is 0 Å². The van der Waals surface area contributed by atoms with Gasteiger partial charge in [0.15, 0.2) is 11.0 Å². The molecular formula is C22H21Cl2N3OS. The number of H-pyrrole nitrogens is 1. The fraction of sp³-hybridized carbons (Fsp3) is 0.273. The average Bonchev–Trinajstić information content (AvgIpc) is 3.15. The third-order valence-electron chi connectivity index (χ3n) is 4.97. The van der Waals surface area contributed by atoms with E-state index in [1.807, 2.05) is 36.6 Å². The summed E-state index contributed by atoms with van der Waals surface area (Å²) in [5.41, 5.74) is 3.55. The number of aromatic nitrogens is 3. The van der Waals surface area contributed by atoms with E-state index in [0.717, 1.165) is 58.5 Å². The first-order valence-electron chi connectivity index (χ1n) is 9.46. The van der Waals surface area contributed by atoms with E-state index >= 15 is 0 Å². The van der Waals surface area contributed by atoms with E-state index in [4.69, 9.17) is 27.9 Å². The molecule has 1 aromatic carbocycles. The lowest BCUT2D eigenvalue weighted by atomic mass is 9.93. The van der Waals surface area contributed by atoms with Gasteiger partial charge in [0.2, 0.25) is 0 Å². The molecule has 1 saturated heterocycles. The third kappa shape index (κ3) is 4.69. The van der Waals surface area contributed by atoms with Crippen LogP contribution in [0.5, 0.6) is 0 Å². The van der Waals surface area contributed by atoms with Crippen LogP contribution in [0.1, 0.15) is 24.1 Å². The number of hydrogen-bond donors (Lipinski definition) is 1. The number of rotatable bonds is 5. The standard InChI is InChI=1S/C22H21Cl2N3OS/c1-29-19-6-5-15(13-17(19)23)16(12-14-7-10-28-11-8-14)20-21(24)27-22(26-20)18-4-2-3-9-25-18/h2-6,9,12-14H,7-8,10-11H2,1H3,(H,26,27)/b16-12+. The number of ether oxygens (including phenoxy) is 1. The van der Waals surface area contributed by atoms with E-state index in [1.54, 1.807) is 18.0 Å². The SMILES string of the molecule is CSc1ccc(/C(=C\C2CCOCC2)c2[nH]c(-c3ccccn3)nc2Cl)cc1Cl. The number of pyridine rings is 1. The van der Waals surface area contributed by atoms with Gasteiger partial charge in [-0.05, 0) is 54.8 Å². The van der Waals surface area contributed by atoms with Gasteiger partial charge in [0.05, 0.1) is 10.7 Å². The zero-order chi connectivity index (χ0) is 20.2. The molecule has 1 aliphatic heterocycles. The summed E-state index contributed by atoms with van der Waals surface area (Å²) in [6.45, 7) is 1.55. The smallest absolute Gasteiger partial charge is 0.158 e. The van der Waals surface area contributed by atoms with Crippen LogP contribution in [-0.4, -0.2) is 34.4 Å². The maximum Gasteiger partial charge on any atom is 0.158 e. The number of thioether (sulfide) groups is 1. The number of hydrogen-bond acceptors (Lipinski definition) is 4. The topological polar surface area (TPSA) is 50.8 Å². The Bertz CT molecular complexity index is 1010. The Morgan fingerprint density at radius 1 is 1.21 bits per heavy atom. The lowest BCUT2D eigenvalue weighted by molar-refractivity contribution is 0.0786. The molecule has 0 bridgehead atoms. The van der Waals surface area contributed by atoms with Crippen LogP contribution < -0.4 is 0 Å². The fourth-order valence-electron chi connectivity index (χ4n) is 3.43. The minimum atomic E-state index is 0.412. The molecule has 3 heterocycles. The minimum Gasteiger partial charge on any atom is -0.381 e. The quantitative estimate of drug-likeness (QED) is 0.464. The van der Waals surface area contributed by atoms with Gasteiger partial charge in [-0.15, -0.1) is 11.8 Å². The van der Waals surface area contributed by atoms with Gasteiger partial charge in [0, 0.05) is 29.9 Å². The summed E-state index contributed by atoms with van der Waals surface area (Å²) >= 11 is 14.7. The number of imidazole rings is 1. The Morgan fingerprint density at radius 2 is 2.03 bits per heavy atom. The highest BCUT2D eigenvalue weighted by atomic mass is 35.5. The monoisotopic (exact) mass is 445 g/mol. The van der Waals surface area contributed by atoms with Crippen molar-refractivity contribution in [2.75, 3.05) is 19.5 Å². The van der Waals surface area contributed by atoms with Gasteiger partial charge in [-0.1, -0.05) is 41.4 Å². The molecule has 29 heavy (non-hydrogen) atoms. The molecule has 0 saturated carbocycles. The number of halogens is 2. The second-order valence-corrected chi connectivity index (χ2v) is 8.46. The van der Waals surface area contributed by atoms with Crippen LogP contribution in [0.15, 0.2) is 53.6 Å². The fourth-order valence-corrected chi connectivity index (χ4v) is 4.53. The van der Waals surface area contributed by atoms with Gasteiger partial charge in [-0.25, -0.2) is 4.98 Å². The molecule has 1 fully saturated rings. The Balaban J connectivity index is 1.79. The molecule has 0 spiro atoms. The molecule has 3 aromatic rings. The van der Waals surface area contributed by atoms with E-state index in [0.29, 0.717) is 16.9 Å². The summed E-state index contributed by atoms with van der Waals surface area (Å²) in [5.74, 6) is 1.06. The number of allylic oxidation sites excluding steroid dienone is 1. The molecule has 1 aliphatic rings. The van der Waals surface area contributed by atoms with E-state index in [-0.39, 0.29) is 0 Å². The zero-order valence-corrected chi connectivity index (χ0v) is 18.3. The van der Waals surface area contributed by atoms with Crippen molar-refractivity contribution in [3.8, 4) is 11.5 Å². The summed E-state index contributed by atoms with van der Waals surface area (Å²) in [6.07, 6.45) is 8.00. The van der Waals surface area contributed by atoms with Gasteiger partial charge in [0.25, 0.3) is 0 Å². The van der Waals surface area contributed by atoms with Crippen LogP contribution in [0, 0.1) is 5.92 Å². The first kappa shape index (κ1) is 20.5. The van der Waals surface area contributed by atoms with E-state index in [9.17, 15) is 0 Å². The maximum atomic E-state index is 6.58. The van der Waals surface area contributed by atoms with Crippen molar-refractivity contribution in [2.24, 2.45) is 5.92 Å². The highest BCUT2D eigenvalue weighted by Crippen LogP contribution is 2.35. The molecule has 2 aromatic heterocycles. The first-order chi connectivity index (χ1) is 14.2. The lowest BCUT2D eigenvalue weighted by Gasteiger charge is -2.20. The lowest BCUT2D eigenvalue weighted by Crippen LogP contribution is -2.14. The van der Waals surface area contributed by atoms with E-state index < -0.39 is 0 Å². The van der Waals surface area contributed by atoms with Crippen molar-refractivity contribution in [3.05, 3.63) is 70.1 Å². The van der Waals surface area contributed by atoms with Crippen LogP contribution in [0.2, 0.25) is 10.2 Å². The normalized spacial score (nSPS) is 15.6. The van der Waals surface area contributed by atoms with Crippen molar-refractivity contribution in [1.82, 2.24) is 15.0 Å². The number of benzene rings is 1. The van der Waals surface area contributed by atoms with Gasteiger partial charge < -0.3 is 9.72 Å². The predicted molar refractivity (Wildman–Crippen MR) is 121 cm³/mol. The molecule has 4 rings (SSSR count). The Labute approximate surface area is 184 Å². The van der Waals surface area contributed by atoms with Crippen LogP contribution >= 0.6 is 35.0 Å². The highest BCUT2D eigenvalue weighted by Gasteiger charge is 2.20. The van der Waals surface area contributed by atoms with Crippen LogP contribution in [0.4, 0.5) is 0 Å². The zero-order valence-electron chi connectivity index (χ0n) is 16.0. The van der Waals surface area contributed by atoms with E-state index in [1.165, 1.54) is 0 Å². The highest BCUT2D eigenvalue weighted by molar-refractivity contribution is 7.98. The summed E-state index contributed by atoms with van der Waals surface area (Å²) in [5, 5.41) is 1.16. The minimum absolute atomic E-state index is 0.412. The summed E-state index contributed by atoms with van der Waals surface area (Å²) in [4.78, 5) is 13.3. The van der Waals surface area contributed by atoms with E-state index in [2.05, 4.69) is 27.1 Å². The van der Waals surface area contributed by atoms with Gasteiger partial charge in [0.1, 0.15) is 5.69 Å². The van der Waals surface area contributed by atoms with Crippen molar-refractivity contribution in [3.63, 3.8) is 0 Å². The Kier molecular flexibility index (Phi) is 6.60. The first-order valence-corrected chi connectivity index (χ1v) is 11.4. The molecule has 0 aliphatic carbocycles. The second-order valence-electron chi connectivity index (χ2n) is 6.85. The Morgan fingerprint density at radius 3 is 2.72 bits per heavy atom. The van der Waals surface area contributed by atoms with Gasteiger partial charge in [-0.3, -0.25) is 4.98 Å². The summed E-state index contributed by atoms with van der Waals surface area (Å²) < 4.78 is 5.52. The second kappa shape index (κ2) is 9.35. The number of nitrogens with one attached hydrogen (secondary N) is 1.